The smallest absolute Gasteiger partial charge is 0.226 e. The maximum absolute atomic E-state index is 10.3. The molecule has 8 heteroatoms. The molecule has 0 aliphatic carbocycles. The van der Waals surface area contributed by atoms with Crippen LogP contribution in [-0.4, -0.2) is 57.2 Å². The van der Waals surface area contributed by atoms with Gasteiger partial charge >= 0.3 is 0 Å². The topological polar surface area (TPSA) is 108 Å². The zero-order valence-corrected chi connectivity index (χ0v) is 12.0. The van der Waals surface area contributed by atoms with Gasteiger partial charge in [-0.25, -0.2) is 0 Å². The van der Waals surface area contributed by atoms with Gasteiger partial charge in [0.25, 0.3) is 0 Å². The minimum absolute atomic E-state index is 0.348. The molecular formula is C13H20N6O2. The number of hydrogen-bond donors (Lipinski definition) is 4. The SMILES string of the molecule is CCCNc1nc(NCC2(O)CCOC2)c2cn[nH]c2n1. The van der Waals surface area contributed by atoms with E-state index in [1.165, 1.54) is 0 Å². The number of nitrogens with one attached hydrogen (secondary N) is 3. The largest absolute Gasteiger partial charge is 0.386 e. The molecule has 0 saturated carbocycles. The van der Waals surface area contributed by atoms with Crippen molar-refractivity contribution in [3.8, 4) is 0 Å². The van der Waals surface area contributed by atoms with Gasteiger partial charge in [-0.1, -0.05) is 6.92 Å². The summed E-state index contributed by atoms with van der Waals surface area (Å²) in [6.45, 7) is 4.21. The van der Waals surface area contributed by atoms with Crippen LogP contribution in [0.4, 0.5) is 11.8 Å². The van der Waals surface area contributed by atoms with E-state index in [-0.39, 0.29) is 0 Å². The normalized spacial score (nSPS) is 21.8. The van der Waals surface area contributed by atoms with Crippen molar-refractivity contribution in [3.05, 3.63) is 6.20 Å². The highest BCUT2D eigenvalue weighted by atomic mass is 16.5. The summed E-state index contributed by atoms with van der Waals surface area (Å²) in [5.74, 6) is 1.21. The Hall–Kier alpha value is -1.93. The molecule has 21 heavy (non-hydrogen) atoms. The van der Waals surface area contributed by atoms with Crippen LogP contribution in [0.2, 0.25) is 0 Å². The van der Waals surface area contributed by atoms with Crippen LogP contribution in [0, 0.1) is 0 Å². The summed E-state index contributed by atoms with van der Waals surface area (Å²) in [5, 5.41) is 24.3. The minimum atomic E-state index is -0.835. The zero-order valence-electron chi connectivity index (χ0n) is 12.0. The number of fused-ring (bicyclic) bond motifs is 1. The lowest BCUT2D eigenvalue weighted by atomic mass is 10.0. The van der Waals surface area contributed by atoms with Crippen molar-refractivity contribution in [2.45, 2.75) is 25.4 Å². The van der Waals surface area contributed by atoms with Gasteiger partial charge in [0.1, 0.15) is 11.4 Å². The first kappa shape index (κ1) is 14.0. The Kier molecular flexibility index (Phi) is 3.89. The molecule has 1 saturated heterocycles. The quantitative estimate of drug-likeness (QED) is 0.622. The summed E-state index contributed by atoms with van der Waals surface area (Å²) in [6, 6.07) is 0. The first-order chi connectivity index (χ1) is 10.2. The van der Waals surface area contributed by atoms with Crippen molar-refractivity contribution >= 4 is 22.8 Å². The van der Waals surface area contributed by atoms with Crippen molar-refractivity contribution in [1.29, 1.82) is 0 Å². The van der Waals surface area contributed by atoms with E-state index in [0.717, 1.165) is 18.4 Å². The van der Waals surface area contributed by atoms with Gasteiger partial charge in [0.2, 0.25) is 5.95 Å². The predicted molar refractivity (Wildman–Crippen MR) is 79.3 cm³/mol. The Labute approximate surface area is 122 Å². The number of anilines is 2. The van der Waals surface area contributed by atoms with E-state index in [9.17, 15) is 5.11 Å². The van der Waals surface area contributed by atoms with Crippen molar-refractivity contribution in [2.75, 3.05) is 36.9 Å². The van der Waals surface area contributed by atoms with Crippen molar-refractivity contribution in [2.24, 2.45) is 0 Å². The monoisotopic (exact) mass is 292 g/mol. The molecule has 0 aromatic carbocycles. The van der Waals surface area contributed by atoms with Crippen LogP contribution in [0.5, 0.6) is 0 Å². The van der Waals surface area contributed by atoms with E-state index in [1.54, 1.807) is 6.20 Å². The highest BCUT2D eigenvalue weighted by molar-refractivity contribution is 5.86. The highest BCUT2D eigenvalue weighted by Crippen LogP contribution is 2.23. The van der Waals surface area contributed by atoms with Gasteiger partial charge in [0.15, 0.2) is 5.65 Å². The molecule has 3 rings (SSSR count). The van der Waals surface area contributed by atoms with E-state index in [4.69, 9.17) is 4.74 Å². The maximum Gasteiger partial charge on any atom is 0.226 e. The first-order valence-electron chi connectivity index (χ1n) is 7.19. The molecule has 2 aromatic rings. The lowest BCUT2D eigenvalue weighted by molar-refractivity contribution is 0.0381. The standard InChI is InChI=1S/C13H20N6O2/c1-2-4-14-12-17-10(9-6-16-19-11(9)18-12)15-7-13(20)3-5-21-8-13/h6,20H,2-5,7-8H2,1H3,(H3,14,15,16,17,18,19). The van der Waals surface area contributed by atoms with Crippen LogP contribution in [0.25, 0.3) is 11.0 Å². The fraction of sp³-hybridized carbons (Fsp3) is 0.615. The summed E-state index contributed by atoms with van der Waals surface area (Å²) in [5.41, 5.74) is -0.168. The molecule has 0 spiro atoms. The second-order valence-corrected chi connectivity index (χ2v) is 5.34. The number of hydrogen-bond acceptors (Lipinski definition) is 7. The Morgan fingerprint density at radius 2 is 2.33 bits per heavy atom. The average Bonchev–Trinajstić information content (AvgIpc) is 3.12. The van der Waals surface area contributed by atoms with Crippen LogP contribution in [0.15, 0.2) is 6.20 Å². The number of aromatic amines is 1. The van der Waals surface area contributed by atoms with Gasteiger partial charge < -0.3 is 20.5 Å². The molecular weight excluding hydrogens is 272 g/mol. The molecule has 2 aromatic heterocycles. The third kappa shape index (κ3) is 3.06. The number of aromatic nitrogens is 4. The van der Waals surface area contributed by atoms with Gasteiger partial charge in [-0.05, 0) is 6.42 Å². The van der Waals surface area contributed by atoms with E-state index in [0.29, 0.717) is 43.6 Å². The molecule has 1 aliphatic heterocycles. The Balaban J connectivity index is 1.80. The van der Waals surface area contributed by atoms with Crippen LogP contribution in [-0.2, 0) is 4.74 Å². The molecule has 8 nitrogen and oxygen atoms in total. The lowest BCUT2D eigenvalue weighted by Crippen LogP contribution is -2.37. The van der Waals surface area contributed by atoms with E-state index in [1.807, 2.05) is 0 Å². The Bertz CT molecular complexity index is 608. The summed E-state index contributed by atoms with van der Waals surface area (Å²) in [7, 11) is 0. The third-order valence-corrected chi connectivity index (χ3v) is 3.51. The third-order valence-electron chi connectivity index (χ3n) is 3.51. The number of aliphatic hydroxyl groups is 1. The molecule has 0 bridgehead atoms. The second kappa shape index (κ2) is 5.82. The van der Waals surface area contributed by atoms with E-state index in [2.05, 4.69) is 37.7 Å². The molecule has 0 amide bonds. The van der Waals surface area contributed by atoms with Crippen molar-refractivity contribution in [3.63, 3.8) is 0 Å². The van der Waals surface area contributed by atoms with Crippen LogP contribution >= 0.6 is 0 Å². The van der Waals surface area contributed by atoms with E-state index >= 15 is 0 Å². The molecule has 1 aliphatic rings. The molecule has 0 radical (unpaired) electrons. The molecule has 1 fully saturated rings. The molecule has 3 heterocycles. The summed E-state index contributed by atoms with van der Waals surface area (Å²) < 4.78 is 5.24. The summed E-state index contributed by atoms with van der Waals surface area (Å²) >= 11 is 0. The maximum atomic E-state index is 10.3. The first-order valence-corrected chi connectivity index (χ1v) is 7.19. The second-order valence-electron chi connectivity index (χ2n) is 5.34. The van der Waals surface area contributed by atoms with Crippen molar-refractivity contribution in [1.82, 2.24) is 20.2 Å². The van der Waals surface area contributed by atoms with Gasteiger partial charge in [-0.15, -0.1) is 0 Å². The van der Waals surface area contributed by atoms with Crippen LogP contribution in [0.1, 0.15) is 19.8 Å². The fourth-order valence-electron chi connectivity index (χ4n) is 2.27. The number of rotatable bonds is 6. The Morgan fingerprint density at radius 1 is 1.43 bits per heavy atom. The van der Waals surface area contributed by atoms with E-state index < -0.39 is 5.60 Å². The predicted octanol–water partition coefficient (Wildman–Crippen LogP) is 0.738. The average molecular weight is 292 g/mol. The molecule has 114 valence electrons. The van der Waals surface area contributed by atoms with Gasteiger partial charge in [0, 0.05) is 26.1 Å². The van der Waals surface area contributed by atoms with Gasteiger partial charge in [-0.2, -0.15) is 15.1 Å². The number of ether oxygens (including phenoxy) is 1. The Morgan fingerprint density at radius 3 is 3.10 bits per heavy atom. The summed E-state index contributed by atoms with van der Waals surface area (Å²) in [6.07, 6.45) is 3.29. The fourth-order valence-corrected chi connectivity index (χ4v) is 2.27. The number of H-pyrrole nitrogens is 1. The van der Waals surface area contributed by atoms with Crippen LogP contribution < -0.4 is 10.6 Å². The van der Waals surface area contributed by atoms with Crippen molar-refractivity contribution < 1.29 is 9.84 Å². The van der Waals surface area contributed by atoms with Gasteiger partial charge in [0.05, 0.1) is 18.2 Å². The number of nitrogens with zero attached hydrogens (tertiary/aromatic N) is 3. The lowest BCUT2D eigenvalue weighted by Gasteiger charge is -2.21. The minimum Gasteiger partial charge on any atom is -0.386 e. The molecule has 4 N–H and O–H groups in total. The van der Waals surface area contributed by atoms with Crippen LogP contribution in [0.3, 0.4) is 0 Å². The molecule has 1 unspecified atom stereocenters. The van der Waals surface area contributed by atoms with Gasteiger partial charge in [-0.3, -0.25) is 5.10 Å². The zero-order chi connectivity index (χ0) is 14.7. The highest BCUT2D eigenvalue weighted by Gasteiger charge is 2.32. The molecule has 1 atom stereocenters. The summed E-state index contributed by atoms with van der Waals surface area (Å²) in [4.78, 5) is 8.82.